The van der Waals surface area contributed by atoms with E-state index in [9.17, 15) is 18.8 Å². The summed E-state index contributed by atoms with van der Waals surface area (Å²) in [5.74, 6) is -1.37. The highest BCUT2D eigenvalue weighted by atomic mass is 35.5. The Morgan fingerprint density at radius 3 is 2.74 bits per heavy atom. The van der Waals surface area contributed by atoms with Gasteiger partial charge in [0, 0.05) is 28.3 Å². The van der Waals surface area contributed by atoms with E-state index in [1.54, 1.807) is 10.6 Å². The molecule has 3 heterocycles. The molecule has 1 saturated carbocycles. The summed E-state index contributed by atoms with van der Waals surface area (Å²) in [5.41, 5.74) is 6.64. The molecular weight excluding hydrogens is 529 g/mol. The average molecular weight is 558 g/mol. The minimum atomic E-state index is -0.880. The number of hydrogen-bond donors (Lipinski definition) is 3. The maximum absolute atomic E-state index is 14.3. The van der Waals surface area contributed by atoms with Crippen LogP contribution >= 0.6 is 11.6 Å². The van der Waals surface area contributed by atoms with E-state index in [1.807, 2.05) is 13.8 Å². The van der Waals surface area contributed by atoms with Crippen molar-refractivity contribution in [3.05, 3.63) is 52.4 Å². The second-order valence-corrected chi connectivity index (χ2v) is 9.32. The van der Waals surface area contributed by atoms with Crippen LogP contribution < -0.4 is 16.4 Å². The van der Waals surface area contributed by atoms with Crippen LogP contribution in [0.15, 0.2) is 36.0 Å². The van der Waals surface area contributed by atoms with E-state index in [2.05, 4.69) is 20.7 Å². The van der Waals surface area contributed by atoms with Crippen LogP contribution in [0.4, 0.5) is 21.7 Å². The fourth-order valence-electron chi connectivity index (χ4n) is 3.73. The van der Waals surface area contributed by atoms with Crippen LogP contribution in [0.5, 0.6) is 0 Å². The number of imide groups is 1. The number of anilines is 3. The number of likely N-dealkylation sites (tertiary alicyclic amines) is 1. The van der Waals surface area contributed by atoms with Crippen molar-refractivity contribution in [1.29, 1.82) is 0 Å². The van der Waals surface area contributed by atoms with Gasteiger partial charge in [0.2, 0.25) is 5.91 Å². The summed E-state index contributed by atoms with van der Waals surface area (Å²) < 4.78 is 20.9. The Kier molecular flexibility index (Phi) is 8.46. The van der Waals surface area contributed by atoms with Gasteiger partial charge < -0.3 is 21.1 Å². The van der Waals surface area contributed by atoms with Gasteiger partial charge in [0.15, 0.2) is 12.4 Å². The second kappa shape index (κ2) is 11.8. The average Bonchev–Trinajstić information content (AvgIpc) is 3.57. The molecule has 5 rings (SSSR count). The van der Waals surface area contributed by atoms with Crippen LogP contribution in [0, 0.1) is 5.82 Å². The van der Waals surface area contributed by atoms with Crippen molar-refractivity contribution in [2.45, 2.75) is 52.1 Å². The van der Waals surface area contributed by atoms with Crippen molar-refractivity contribution in [2.24, 2.45) is 5.73 Å². The molecule has 39 heavy (non-hydrogen) atoms. The molecular formula is C26H29ClFN7O4. The lowest BCUT2D eigenvalue weighted by atomic mass is 10.1. The molecule has 1 aliphatic heterocycles. The van der Waals surface area contributed by atoms with Crippen LogP contribution in [0.3, 0.4) is 0 Å². The van der Waals surface area contributed by atoms with E-state index in [-0.39, 0.29) is 23.7 Å². The number of nitrogens with one attached hydrogen (secondary N) is 2. The minimum Gasteiger partial charge on any atom is -0.443 e. The fraction of sp³-hybridized carbons (Fsp3) is 0.346. The minimum absolute atomic E-state index is 0.148. The summed E-state index contributed by atoms with van der Waals surface area (Å²) in [4.78, 5) is 42.3. The largest absolute Gasteiger partial charge is 0.443 e. The third kappa shape index (κ3) is 6.35. The number of nitrogens with two attached hydrogens (primary N) is 1. The highest BCUT2D eigenvalue weighted by molar-refractivity contribution is 6.30. The second-order valence-electron chi connectivity index (χ2n) is 8.88. The zero-order valence-electron chi connectivity index (χ0n) is 21.7. The van der Waals surface area contributed by atoms with E-state index >= 15 is 0 Å². The lowest BCUT2D eigenvalue weighted by Gasteiger charge is -2.14. The van der Waals surface area contributed by atoms with Gasteiger partial charge in [0.1, 0.15) is 23.5 Å². The molecule has 4 N–H and O–H groups in total. The molecule has 1 aromatic carbocycles. The van der Waals surface area contributed by atoms with E-state index in [0.717, 1.165) is 17.7 Å². The summed E-state index contributed by atoms with van der Waals surface area (Å²) in [6, 6.07) is 5.25. The number of amides is 2. The van der Waals surface area contributed by atoms with E-state index in [1.165, 1.54) is 37.4 Å². The Morgan fingerprint density at radius 1 is 1.31 bits per heavy atom. The van der Waals surface area contributed by atoms with Crippen LogP contribution in [0.2, 0.25) is 5.02 Å². The van der Waals surface area contributed by atoms with E-state index in [0.29, 0.717) is 27.9 Å². The highest BCUT2D eigenvalue weighted by Crippen LogP contribution is 2.30. The van der Waals surface area contributed by atoms with Gasteiger partial charge in [-0.25, -0.2) is 14.3 Å². The number of fused-ring (bicyclic) bond motifs is 1. The normalized spacial score (nSPS) is 16.8. The van der Waals surface area contributed by atoms with Crippen molar-refractivity contribution < 1.29 is 23.5 Å². The summed E-state index contributed by atoms with van der Waals surface area (Å²) >= 11 is 6.02. The van der Waals surface area contributed by atoms with Crippen molar-refractivity contribution in [2.75, 3.05) is 17.4 Å². The van der Waals surface area contributed by atoms with Gasteiger partial charge in [-0.3, -0.25) is 14.4 Å². The molecule has 11 nitrogen and oxygen atoms in total. The molecule has 1 aliphatic carbocycles. The van der Waals surface area contributed by atoms with Crippen molar-refractivity contribution in [3.63, 3.8) is 0 Å². The molecule has 2 fully saturated rings. The number of halogens is 2. The number of aromatic nitrogens is 3. The fourth-order valence-corrected chi connectivity index (χ4v) is 3.90. The summed E-state index contributed by atoms with van der Waals surface area (Å²) in [5, 5.41) is 11.1. The molecule has 1 atom stereocenters. The Hall–Kier alpha value is -4.03. The van der Waals surface area contributed by atoms with E-state index in [4.69, 9.17) is 22.1 Å². The third-order valence-electron chi connectivity index (χ3n) is 5.82. The number of carbonyl (C=O) groups is 3. The molecule has 0 radical (unpaired) electrons. The molecule has 2 amide bonds. The van der Waals surface area contributed by atoms with Gasteiger partial charge in [-0.1, -0.05) is 25.4 Å². The Morgan fingerprint density at radius 2 is 2.05 bits per heavy atom. The van der Waals surface area contributed by atoms with Gasteiger partial charge >= 0.3 is 5.97 Å². The Balaban J connectivity index is 0.00000172. The first-order valence-electron chi connectivity index (χ1n) is 12.5. The molecule has 2 aromatic heterocycles. The number of nitrogens with zero attached hydrogens (tertiary/aromatic N) is 4. The molecule has 0 spiro atoms. The maximum Gasteiger partial charge on any atom is 0.324 e. The highest BCUT2D eigenvalue weighted by Gasteiger charge is 2.35. The summed E-state index contributed by atoms with van der Waals surface area (Å²) in [6.45, 7) is 4.92. The molecule has 1 saturated heterocycles. The van der Waals surface area contributed by atoms with Gasteiger partial charge in [0.05, 0.1) is 18.3 Å². The van der Waals surface area contributed by atoms with Gasteiger partial charge in [-0.05, 0) is 44.0 Å². The predicted molar refractivity (Wildman–Crippen MR) is 145 cm³/mol. The van der Waals surface area contributed by atoms with Crippen molar-refractivity contribution in [3.8, 4) is 0 Å². The van der Waals surface area contributed by atoms with Crippen molar-refractivity contribution in [1.82, 2.24) is 19.5 Å². The number of ether oxygens (including phenoxy) is 1. The molecule has 2 aliphatic rings. The van der Waals surface area contributed by atoms with Gasteiger partial charge in [-0.2, -0.15) is 9.61 Å². The van der Waals surface area contributed by atoms with Gasteiger partial charge in [-0.15, -0.1) is 0 Å². The predicted octanol–water partition coefficient (Wildman–Crippen LogP) is 3.86. The number of carbonyl (C=O) groups excluding carboxylic acids is 3. The number of benzene rings is 1. The standard InChI is InChI=1S/C24H23ClFN7O4.C2H6/c1-12(27)24(36)37-11-32-21(34)7-13(23(32)35)6-14-10-28-33-20(29-16-3-4-16)9-19(31-22(14)33)30-18-8-15(25)2-5-17(18)26;1-2/h2,5-6,8-10,12,16,29H,3-4,7,11,27H2,1H3,(H,30,31);1-2H3/b13-6+;. The number of rotatable bonds is 8. The maximum atomic E-state index is 14.3. The van der Waals surface area contributed by atoms with Crippen LogP contribution in [0.1, 0.15) is 45.6 Å². The third-order valence-corrected chi connectivity index (χ3v) is 6.05. The quantitative estimate of drug-likeness (QED) is 0.213. The summed E-state index contributed by atoms with van der Waals surface area (Å²) in [7, 11) is 0. The zero-order valence-corrected chi connectivity index (χ0v) is 22.5. The molecule has 3 aromatic rings. The first-order chi connectivity index (χ1) is 18.7. The number of hydrogen-bond acceptors (Lipinski definition) is 9. The lowest BCUT2D eigenvalue weighted by molar-refractivity contribution is -0.155. The first kappa shape index (κ1) is 28.0. The number of esters is 1. The van der Waals surface area contributed by atoms with Crippen molar-refractivity contribution >= 4 is 58.4 Å². The first-order valence-corrected chi connectivity index (χ1v) is 12.9. The monoisotopic (exact) mass is 557 g/mol. The van der Waals surface area contributed by atoms with Gasteiger partial charge in [0.25, 0.3) is 5.91 Å². The SMILES string of the molecule is CC.CC(N)C(=O)OCN1C(=O)C/C(=C\c2cnn3c(NC4CC4)cc(Nc4cc(Cl)ccc4F)nc23)C1=O. The van der Waals surface area contributed by atoms with Crippen LogP contribution in [-0.4, -0.2) is 56.1 Å². The lowest BCUT2D eigenvalue weighted by Crippen LogP contribution is -2.36. The van der Waals surface area contributed by atoms with Crippen LogP contribution in [0.25, 0.3) is 11.7 Å². The Labute approximate surface area is 229 Å². The molecule has 13 heteroatoms. The zero-order chi connectivity index (χ0) is 28.3. The van der Waals surface area contributed by atoms with E-state index < -0.39 is 36.4 Å². The van der Waals surface area contributed by atoms with Crippen LogP contribution in [-0.2, 0) is 19.1 Å². The summed E-state index contributed by atoms with van der Waals surface area (Å²) in [6.07, 6.45) is 4.88. The Bertz CT molecular complexity index is 1450. The molecule has 0 bridgehead atoms. The topological polar surface area (TPSA) is 144 Å². The molecule has 206 valence electrons. The smallest absolute Gasteiger partial charge is 0.324 e. The molecule has 1 unspecified atom stereocenters.